The smallest absolute Gasteiger partial charge is 0.233 e. The zero-order valence-corrected chi connectivity index (χ0v) is 15.9. The number of aromatic nitrogens is 2. The molecule has 0 aliphatic heterocycles. The van der Waals surface area contributed by atoms with Crippen LogP contribution in [0.5, 0.6) is 5.88 Å². The molecule has 1 heterocycles. The molecule has 0 unspecified atom stereocenters. The van der Waals surface area contributed by atoms with Crippen molar-refractivity contribution in [3.05, 3.63) is 41.7 Å². The summed E-state index contributed by atoms with van der Waals surface area (Å²) >= 11 is 0. The number of rotatable bonds is 7. The number of ether oxygens (including phenoxy) is 1. The molecule has 2 aromatic rings. The molecule has 1 aliphatic carbocycles. The fraction of sp³-hybridized carbons (Fsp3) is 0.545. The second-order valence-corrected chi connectivity index (χ2v) is 7.33. The van der Waals surface area contributed by atoms with E-state index < -0.39 is 0 Å². The van der Waals surface area contributed by atoms with Gasteiger partial charge in [-0.05, 0) is 49.3 Å². The Morgan fingerprint density at radius 3 is 2.38 bits per heavy atom. The number of hydrogen-bond donors (Lipinski definition) is 0. The van der Waals surface area contributed by atoms with E-state index in [2.05, 4.69) is 17.1 Å². The van der Waals surface area contributed by atoms with Crippen molar-refractivity contribution in [2.75, 3.05) is 6.61 Å². The van der Waals surface area contributed by atoms with Crippen molar-refractivity contribution in [2.24, 2.45) is 11.8 Å². The number of nitrogens with zero attached hydrogens (tertiary/aromatic N) is 2. The molecule has 0 amide bonds. The average Bonchev–Trinajstić information content (AvgIpc) is 2.68. The van der Waals surface area contributed by atoms with Crippen molar-refractivity contribution in [3.8, 4) is 17.1 Å². The van der Waals surface area contributed by atoms with Crippen molar-refractivity contribution in [1.29, 1.82) is 0 Å². The first kappa shape index (κ1) is 18.8. The molecule has 1 aromatic carbocycles. The Labute approximate surface area is 156 Å². The molecule has 0 saturated heterocycles. The Hall–Kier alpha value is -1.97. The standard InChI is InChI=1S/C22H29FN2O/c1-3-16-5-7-17(8-6-16)9-10-18-11-12-19(15-20(18)23)21-13-14-22(25-24-21)26-4-2/h11-17H,3-10H2,1-2H3. The Kier molecular flexibility index (Phi) is 6.59. The molecule has 1 aromatic heterocycles. The van der Waals surface area contributed by atoms with Crippen LogP contribution >= 0.6 is 0 Å². The van der Waals surface area contributed by atoms with E-state index in [1.807, 2.05) is 25.1 Å². The lowest BCUT2D eigenvalue weighted by atomic mass is 9.78. The summed E-state index contributed by atoms with van der Waals surface area (Å²) < 4.78 is 19.8. The fourth-order valence-corrected chi connectivity index (χ4v) is 3.90. The summed E-state index contributed by atoms with van der Waals surface area (Å²) in [4.78, 5) is 0. The first-order valence-corrected chi connectivity index (χ1v) is 9.94. The second-order valence-electron chi connectivity index (χ2n) is 7.33. The molecule has 140 valence electrons. The quantitative estimate of drug-likeness (QED) is 0.626. The van der Waals surface area contributed by atoms with Gasteiger partial charge in [-0.25, -0.2) is 4.39 Å². The summed E-state index contributed by atoms with van der Waals surface area (Å²) in [5, 5.41) is 8.14. The van der Waals surface area contributed by atoms with Crippen LogP contribution in [0.3, 0.4) is 0 Å². The number of hydrogen-bond acceptors (Lipinski definition) is 3. The lowest BCUT2D eigenvalue weighted by Crippen LogP contribution is -2.14. The zero-order chi connectivity index (χ0) is 18.4. The molecule has 26 heavy (non-hydrogen) atoms. The lowest BCUT2D eigenvalue weighted by molar-refractivity contribution is 0.258. The van der Waals surface area contributed by atoms with Crippen LogP contribution in [0, 0.1) is 17.7 Å². The van der Waals surface area contributed by atoms with Crippen molar-refractivity contribution in [2.45, 2.75) is 58.8 Å². The van der Waals surface area contributed by atoms with E-state index in [0.717, 1.165) is 35.8 Å². The highest BCUT2D eigenvalue weighted by atomic mass is 19.1. The molecule has 1 saturated carbocycles. The fourth-order valence-electron chi connectivity index (χ4n) is 3.90. The molecular formula is C22H29FN2O. The van der Waals surface area contributed by atoms with E-state index in [-0.39, 0.29) is 5.82 Å². The van der Waals surface area contributed by atoms with Gasteiger partial charge in [-0.1, -0.05) is 51.2 Å². The molecule has 3 nitrogen and oxygen atoms in total. The molecule has 0 spiro atoms. The predicted molar refractivity (Wildman–Crippen MR) is 103 cm³/mol. The van der Waals surface area contributed by atoms with Crippen LogP contribution in [0.2, 0.25) is 0 Å². The van der Waals surface area contributed by atoms with Crippen LogP contribution in [0.4, 0.5) is 4.39 Å². The summed E-state index contributed by atoms with van der Waals surface area (Å²) in [6.07, 6.45) is 8.52. The van der Waals surface area contributed by atoms with Crippen molar-refractivity contribution >= 4 is 0 Å². The molecule has 0 bridgehead atoms. The first-order chi connectivity index (χ1) is 12.7. The molecule has 1 aliphatic rings. The Bertz CT molecular complexity index is 694. The van der Waals surface area contributed by atoms with Gasteiger partial charge in [-0.15, -0.1) is 10.2 Å². The number of aryl methyl sites for hydroxylation is 1. The molecule has 0 radical (unpaired) electrons. The number of benzene rings is 1. The van der Waals surface area contributed by atoms with Crippen molar-refractivity contribution in [1.82, 2.24) is 10.2 Å². The van der Waals surface area contributed by atoms with E-state index in [1.54, 1.807) is 12.1 Å². The molecule has 1 fully saturated rings. The summed E-state index contributed by atoms with van der Waals surface area (Å²) in [5.41, 5.74) is 2.23. The van der Waals surface area contributed by atoms with Crippen LogP contribution in [0.15, 0.2) is 30.3 Å². The summed E-state index contributed by atoms with van der Waals surface area (Å²) in [5.74, 6) is 2.03. The van der Waals surface area contributed by atoms with Crippen LogP contribution in [0.25, 0.3) is 11.3 Å². The predicted octanol–water partition coefficient (Wildman–Crippen LogP) is 5.83. The minimum absolute atomic E-state index is 0.138. The summed E-state index contributed by atoms with van der Waals surface area (Å²) in [6, 6.07) is 9.01. The van der Waals surface area contributed by atoms with E-state index in [9.17, 15) is 4.39 Å². The van der Waals surface area contributed by atoms with E-state index >= 15 is 0 Å². The highest BCUT2D eigenvalue weighted by Gasteiger charge is 2.20. The third-order valence-electron chi connectivity index (χ3n) is 5.65. The monoisotopic (exact) mass is 356 g/mol. The Morgan fingerprint density at radius 1 is 1.00 bits per heavy atom. The second kappa shape index (κ2) is 9.11. The first-order valence-electron chi connectivity index (χ1n) is 9.94. The Balaban J connectivity index is 1.59. The maximum absolute atomic E-state index is 14.5. The molecule has 0 atom stereocenters. The average molecular weight is 356 g/mol. The van der Waals surface area contributed by atoms with Gasteiger partial charge >= 0.3 is 0 Å². The van der Waals surface area contributed by atoms with Gasteiger partial charge in [0.2, 0.25) is 5.88 Å². The third kappa shape index (κ3) is 4.80. The van der Waals surface area contributed by atoms with Crippen LogP contribution in [0.1, 0.15) is 57.9 Å². The van der Waals surface area contributed by atoms with Crippen molar-refractivity contribution in [3.63, 3.8) is 0 Å². The third-order valence-corrected chi connectivity index (χ3v) is 5.65. The molecular weight excluding hydrogens is 327 g/mol. The summed E-state index contributed by atoms with van der Waals surface area (Å²) in [6.45, 7) is 4.74. The SMILES string of the molecule is CCOc1ccc(-c2ccc(CCC3CCC(CC)CC3)c(F)c2)nn1. The maximum Gasteiger partial charge on any atom is 0.233 e. The largest absolute Gasteiger partial charge is 0.477 e. The van der Waals surface area contributed by atoms with Crippen LogP contribution in [-0.4, -0.2) is 16.8 Å². The van der Waals surface area contributed by atoms with Gasteiger partial charge in [-0.2, -0.15) is 0 Å². The van der Waals surface area contributed by atoms with Gasteiger partial charge in [0.25, 0.3) is 0 Å². The van der Waals surface area contributed by atoms with Gasteiger partial charge in [0.05, 0.1) is 12.3 Å². The van der Waals surface area contributed by atoms with Gasteiger partial charge < -0.3 is 4.74 Å². The van der Waals surface area contributed by atoms with Gasteiger partial charge in [0.15, 0.2) is 0 Å². The Morgan fingerprint density at radius 2 is 1.77 bits per heavy atom. The minimum atomic E-state index is -0.138. The van der Waals surface area contributed by atoms with Gasteiger partial charge in [0, 0.05) is 11.6 Å². The molecule has 4 heteroatoms. The van der Waals surface area contributed by atoms with E-state index in [0.29, 0.717) is 18.2 Å². The van der Waals surface area contributed by atoms with Gasteiger partial charge in [0.1, 0.15) is 5.82 Å². The lowest BCUT2D eigenvalue weighted by Gasteiger charge is -2.27. The van der Waals surface area contributed by atoms with Crippen LogP contribution < -0.4 is 4.74 Å². The topological polar surface area (TPSA) is 35.0 Å². The maximum atomic E-state index is 14.5. The highest BCUT2D eigenvalue weighted by molar-refractivity contribution is 5.59. The van der Waals surface area contributed by atoms with Gasteiger partial charge in [-0.3, -0.25) is 0 Å². The summed E-state index contributed by atoms with van der Waals surface area (Å²) in [7, 11) is 0. The van der Waals surface area contributed by atoms with Crippen molar-refractivity contribution < 1.29 is 9.13 Å². The highest BCUT2D eigenvalue weighted by Crippen LogP contribution is 2.33. The molecule has 3 rings (SSSR count). The molecule has 0 N–H and O–H groups in total. The zero-order valence-electron chi connectivity index (χ0n) is 15.9. The normalized spacial score (nSPS) is 20.1. The van der Waals surface area contributed by atoms with Crippen LogP contribution in [-0.2, 0) is 6.42 Å². The minimum Gasteiger partial charge on any atom is -0.477 e. The number of halogens is 1. The van der Waals surface area contributed by atoms with E-state index in [4.69, 9.17) is 4.74 Å². The van der Waals surface area contributed by atoms with E-state index in [1.165, 1.54) is 32.1 Å².